The van der Waals surface area contributed by atoms with Crippen molar-refractivity contribution in [2.45, 2.75) is 6.54 Å². The van der Waals surface area contributed by atoms with Crippen molar-refractivity contribution in [3.8, 4) is 0 Å². The number of Topliss-reactive ketones (excluding diaryl/α,β-unsaturated/α-hetero) is 1. The van der Waals surface area contributed by atoms with Gasteiger partial charge in [0.25, 0.3) is 0 Å². The van der Waals surface area contributed by atoms with Crippen molar-refractivity contribution in [3.63, 3.8) is 0 Å². The van der Waals surface area contributed by atoms with Crippen LogP contribution in [0, 0.1) is 5.82 Å². The lowest BCUT2D eigenvalue weighted by molar-refractivity contribution is 0.0969. The van der Waals surface area contributed by atoms with E-state index in [0.717, 1.165) is 10.6 Å². The predicted octanol–water partition coefficient (Wildman–Crippen LogP) is 5.15. The number of hydrogen-bond acceptors (Lipinski definition) is 4. The number of aromatic nitrogens is 1. The summed E-state index contributed by atoms with van der Waals surface area (Å²) in [5.74, 6) is -2.17. The van der Waals surface area contributed by atoms with Gasteiger partial charge in [-0.1, -0.05) is 35.3 Å². The quantitative estimate of drug-likeness (QED) is 0.399. The number of oxazole rings is 1. The molecule has 1 heterocycles. The first-order chi connectivity index (χ1) is 14.3. The number of hydrogen-bond donors (Lipinski definition) is 0. The molecule has 1 aromatic heterocycles. The molecule has 0 saturated carbocycles. The summed E-state index contributed by atoms with van der Waals surface area (Å²) in [6.45, 7) is -0.277. The molecule has 0 aliphatic rings. The smallest absolute Gasteiger partial charge is 0.408 e. The second kappa shape index (κ2) is 7.89. The van der Waals surface area contributed by atoms with Gasteiger partial charge in [-0.2, -0.15) is 0 Å². The summed E-state index contributed by atoms with van der Waals surface area (Å²) in [5.41, 5.74) is 0.899. The monoisotopic (exact) mass is 443 g/mol. The molecule has 0 unspecified atom stereocenters. The van der Waals surface area contributed by atoms with Gasteiger partial charge >= 0.3 is 5.76 Å². The first-order valence-corrected chi connectivity index (χ1v) is 9.51. The summed E-state index contributed by atoms with van der Waals surface area (Å²) in [6.07, 6.45) is 0. The van der Waals surface area contributed by atoms with Gasteiger partial charge in [0.1, 0.15) is 5.82 Å². The number of ketones is 2. The van der Waals surface area contributed by atoms with E-state index in [1.165, 1.54) is 30.3 Å². The van der Waals surface area contributed by atoms with Gasteiger partial charge in [0.2, 0.25) is 0 Å². The minimum atomic E-state index is -0.765. The van der Waals surface area contributed by atoms with Gasteiger partial charge in [0.05, 0.1) is 17.1 Å². The average molecular weight is 444 g/mol. The van der Waals surface area contributed by atoms with Crippen molar-refractivity contribution < 1.29 is 18.4 Å². The van der Waals surface area contributed by atoms with Gasteiger partial charge in [0.15, 0.2) is 17.1 Å². The van der Waals surface area contributed by atoms with Crippen LogP contribution in [-0.2, 0) is 6.54 Å². The van der Waals surface area contributed by atoms with Gasteiger partial charge in [-0.3, -0.25) is 14.2 Å². The number of carbonyl (C=O) groups excluding carboxylic acids is 2. The number of nitrogens with zero attached hydrogens (tertiary/aromatic N) is 1. The number of carbonyl (C=O) groups is 2. The Morgan fingerprint density at radius 2 is 1.70 bits per heavy atom. The Balaban J connectivity index is 1.72. The van der Waals surface area contributed by atoms with Gasteiger partial charge in [-0.25, -0.2) is 9.18 Å². The highest BCUT2D eigenvalue weighted by Gasteiger charge is 2.20. The van der Waals surface area contributed by atoms with E-state index in [1.807, 2.05) is 0 Å². The highest BCUT2D eigenvalue weighted by Crippen LogP contribution is 2.26. The Morgan fingerprint density at radius 3 is 2.40 bits per heavy atom. The highest BCUT2D eigenvalue weighted by molar-refractivity contribution is 6.35. The molecule has 0 N–H and O–H groups in total. The molecule has 150 valence electrons. The molecule has 0 bridgehead atoms. The lowest BCUT2D eigenvalue weighted by Crippen LogP contribution is -2.20. The third-order valence-corrected chi connectivity index (χ3v) is 5.12. The fourth-order valence-corrected chi connectivity index (χ4v) is 3.43. The Kier molecular flexibility index (Phi) is 5.28. The molecule has 4 rings (SSSR count). The van der Waals surface area contributed by atoms with Gasteiger partial charge in [0, 0.05) is 21.7 Å². The zero-order valence-electron chi connectivity index (χ0n) is 15.2. The summed E-state index contributed by atoms with van der Waals surface area (Å²) >= 11 is 12.1. The molecule has 0 fully saturated rings. The molecule has 0 spiro atoms. The van der Waals surface area contributed by atoms with Crippen molar-refractivity contribution in [3.05, 3.63) is 104 Å². The predicted molar refractivity (Wildman–Crippen MR) is 111 cm³/mol. The molecule has 0 radical (unpaired) electrons. The van der Waals surface area contributed by atoms with E-state index in [-0.39, 0.29) is 39.6 Å². The van der Waals surface area contributed by atoms with Gasteiger partial charge in [-0.15, -0.1) is 0 Å². The molecule has 0 amide bonds. The summed E-state index contributed by atoms with van der Waals surface area (Å²) in [7, 11) is 0. The molecule has 30 heavy (non-hydrogen) atoms. The number of rotatable bonds is 5. The molecule has 0 aliphatic heterocycles. The summed E-state index contributed by atoms with van der Waals surface area (Å²) in [4.78, 5) is 37.5. The average Bonchev–Trinajstić information content (AvgIpc) is 3.01. The van der Waals surface area contributed by atoms with E-state index in [1.54, 1.807) is 24.3 Å². The summed E-state index contributed by atoms with van der Waals surface area (Å²) in [6, 6.07) is 14.1. The van der Waals surface area contributed by atoms with E-state index in [0.29, 0.717) is 10.6 Å². The highest BCUT2D eigenvalue weighted by atomic mass is 35.5. The van der Waals surface area contributed by atoms with Crippen LogP contribution in [0.1, 0.15) is 26.3 Å². The topological polar surface area (TPSA) is 69.3 Å². The molecular formula is C22H12Cl2FNO4. The fraction of sp³-hybridized carbons (Fsp3) is 0.0455. The molecule has 8 heteroatoms. The van der Waals surface area contributed by atoms with Crippen LogP contribution < -0.4 is 5.76 Å². The van der Waals surface area contributed by atoms with Crippen molar-refractivity contribution in [2.24, 2.45) is 0 Å². The minimum absolute atomic E-state index is 0.0465. The molecule has 0 aliphatic carbocycles. The summed E-state index contributed by atoms with van der Waals surface area (Å²) in [5, 5.41) is 0.532. The number of fused-ring (bicyclic) bond motifs is 1. The van der Waals surface area contributed by atoms with E-state index < -0.39 is 17.4 Å². The third-order valence-electron chi connectivity index (χ3n) is 4.56. The Morgan fingerprint density at radius 1 is 0.967 bits per heavy atom. The van der Waals surface area contributed by atoms with E-state index in [2.05, 4.69) is 0 Å². The maximum atomic E-state index is 13.4. The SMILES string of the molecule is O=C(Cn1c(=O)oc2cc(C(=O)c3cccc(F)c3)c(Cl)cc21)c1ccc(Cl)cc1. The largest absolute Gasteiger partial charge is 0.420 e. The van der Waals surface area contributed by atoms with E-state index in [9.17, 15) is 18.8 Å². The number of benzene rings is 3. The fourth-order valence-electron chi connectivity index (χ4n) is 3.06. The summed E-state index contributed by atoms with van der Waals surface area (Å²) < 4.78 is 19.8. The van der Waals surface area contributed by atoms with Crippen molar-refractivity contribution in [1.29, 1.82) is 0 Å². The van der Waals surface area contributed by atoms with Crippen LogP contribution >= 0.6 is 23.2 Å². The van der Waals surface area contributed by atoms with Crippen LogP contribution in [0.15, 0.2) is 69.9 Å². The number of halogens is 3. The van der Waals surface area contributed by atoms with Crippen LogP contribution in [0.3, 0.4) is 0 Å². The Bertz CT molecular complexity index is 1360. The molecule has 5 nitrogen and oxygen atoms in total. The Labute approximate surface area is 179 Å². The first kappa shape index (κ1) is 20.1. The van der Waals surface area contributed by atoms with Crippen LogP contribution in [0.25, 0.3) is 11.1 Å². The van der Waals surface area contributed by atoms with E-state index >= 15 is 0 Å². The van der Waals surface area contributed by atoms with Crippen LogP contribution in [0.2, 0.25) is 10.0 Å². The molecule has 0 atom stereocenters. The normalized spacial score (nSPS) is 11.0. The van der Waals surface area contributed by atoms with Crippen molar-refractivity contribution >= 4 is 45.9 Å². The zero-order valence-corrected chi connectivity index (χ0v) is 16.7. The molecular weight excluding hydrogens is 432 g/mol. The lowest BCUT2D eigenvalue weighted by Gasteiger charge is -2.06. The first-order valence-electron chi connectivity index (χ1n) is 8.75. The second-order valence-electron chi connectivity index (χ2n) is 6.52. The lowest BCUT2D eigenvalue weighted by atomic mass is 10.0. The van der Waals surface area contributed by atoms with Gasteiger partial charge in [-0.05, 0) is 48.5 Å². The van der Waals surface area contributed by atoms with Crippen LogP contribution in [0.4, 0.5) is 4.39 Å². The maximum Gasteiger partial charge on any atom is 0.420 e. The molecule has 4 aromatic rings. The third kappa shape index (κ3) is 3.79. The minimum Gasteiger partial charge on any atom is -0.408 e. The molecule has 3 aromatic carbocycles. The van der Waals surface area contributed by atoms with Crippen LogP contribution in [-0.4, -0.2) is 16.1 Å². The zero-order chi connectivity index (χ0) is 21.4. The Hall–Kier alpha value is -3.22. The second-order valence-corrected chi connectivity index (χ2v) is 7.37. The van der Waals surface area contributed by atoms with Crippen molar-refractivity contribution in [1.82, 2.24) is 4.57 Å². The van der Waals surface area contributed by atoms with Gasteiger partial charge < -0.3 is 4.42 Å². The van der Waals surface area contributed by atoms with E-state index in [4.69, 9.17) is 27.6 Å². The maximum absolute atomic E-state index is 13.4. The van der Waals surface area contributed by atoms with Crippen LogP contribution in [0.5, 0.6) is 0 Å². The standard InChI is InChI=1S/C22H12Cl2FNO4/c23-14-6-4-12(5-7-14)19(27)11-26-18-10-17(24)16(9-20(18)30-22(26)29)21(28)13-2-1-3-15(25)8-13/h1-10H,11H2. The van der Waals surface area contributed by atoms with Crippen molar-refractivity contribution in [2.75, 3.05) is 0 Å². The molecule has 0 saturated heterocycles.